The van der Waals surface area contributed by atoms with Gasteiger partial charge in [-0.3, -0.25) is 9.10 Å². The fourth-order valence-electron chi connectivity index (χ4n) is 3.65. The number of benzene rings is 3. The van der Waals surface area contributed by atoms with Crippen molar-refractivity contribution in [1.82, 2.24) is 0 Å². The van der Waals surface area contributed by atoms with Gasteiger partial charge >= 0.3 is 6.18 Å². The summed E-state index contributed by atoms with van der Waals surface area (Å²) >= 11 is 6.23. The van der Waals surface area contributed by atoms with Gasteiger partial charge in [-0.2, -0.15) is 13.2 Å². The van der Waals surface area contributed by atoms with Crippen molar-refractivity contribution < 1.29 is 26.4 Å². The SMILES string of the molecule is O=C(Nc1cc(N2CCCS2(=O)=O)ccc1Cl)c1ccccc1-c1ccc(C(F)(F)F)cc1. The summed E-state index contributed by atoms with van der Waals surface area (Å²) < 4.78 is 64.4. The van der Waals surface area contributed by atoms with Gasteiger partial charge in [0.1, 0.15) is 0 Å². The number of anilines is 2. The lowest BCUT2D eigenvalue weighted by Crippen LogP contribution is -2.25. The van der Waals surface area contributed by atoms with E-state index in [9.17, 15) is 26.4 Å². The van der Waals surface area contributed by atoms with Gasteiger partial charge in [0.25, 0.3) is 5.91 Å². The molecular formula is C23H18ClF3N2O3S. The number of nitrogens with one attached hydrogen (secondary N) is 1. The van der Waals surface area contributed by atoms with Crippen LogP contribution in [0, 0.1) is 0 Å². The monoisotopic (exact) mass is 494 g/mol. The van der Waals surface area contributed by atoms with Gasteiger partial charge in [0.2, 0.25) is 10.0 Å². The van der Waals surface area contributed by atoms with Gasteiger partial charge in [-0.25, -0.2) is 8.42 Å². The van der Waals surface area contributed by atoms with Crippen molar-refractivity contribution in [2.75, 3.05) is 21.9 Å². The Morgan fingerprint density at radius 3 is 2.33 bits per heavy atom. The molecular weight excluding hydrogens is 477 g/mol. The summed E-state index contributed by atoms with van der Waals surface area (Å²) in [6.45, 7) is 0.341. The van der Waals surface area contributed by atoms with E-state index in [1.807, 2.05) is 0 Å². The van der Waals surface area contributed by atoms with E-state index in [1.54, 1.807) is 30.3 Å². The fourth-order valence-corrected chi connectivity index (χ4v) is 5.38. The molecule has 0 unspecified atom stereocenters. The average Bonchev–Trinajstić information content (AvgIpc) is 3.13. The quantitative estimate of drug-likeness (QED) is 0.497. The van der Waals surface area contributed by atoms with Crippen molar-refractivity contribution in [2.24, 2.45) is 0 Å². The van der Waals surface area contributed by atoms with Gasteiger partial charge < -0.3 is 5.32 Å². The lowest BCUT2D eigenvalue weighted by molar-refractivity contribution is -0.137. The Hall–Kier alpha value is -3.04. The van der Waals surface area contributed by atoms with E-state index in [0.29, 0.717) is 29.8 Å². The highest BCUT2D eigenvalue weighted by Gasteiger charge is 2.30. The van der Waals surface area contributed by atoms with Crippen LogP contribution in [0.2, 0.25) is 5.02 Å². The Morgan fingerprint density at radius 2 is 1.70 bits per heavy atom. The number of halogens is 4. The zero-order valence-electron chi connectivity index (χ0n) is 17.1. The summed E-state index contributed by atoms with van der Waals surface area (Å²) in [4.78, 5) is 13.1. The molecule has 0 spiro atoms. The molecule has 1 amide bonds. The van der Waals surface area contributed by atoms with E-state index in [0.717, 1.165) is 12.1 Å². The van der Waals surface area contributed by atoms with Crippen LogP contribution in [-0.4, -0.2) is 26.6 Å². The summed E-state index contributed by atoms with van der Waals surface area (Å²) in [6, 6.07) is 15.6. The van der Waals surface area contributed by atoms with Crippen LogP contribution in [-0.2, 0) is 16.2 Å². The molecule has 0 bridgehead atoms. The van der Waals surface area contributed by atoms with Gasteiger partial charge in [0.05, 0.1) is 27.7 Å². The molecule has 1 heterocycles. The van der Waals surface area contributed by atoms with Crippen LogP contribution in [0.25, 0.3) is 11.1 Å². The molecule has 1 fully saturated rings. The third-order valence-corrected chi connectivity index (χ3v) is 7.48. The largest absolute Gasteiger partial charge is 0.416 e. The van der Waals surface area contributed by atoms with Gasteiger partial charge in [0, 0.05) is 12.1 Å². The van der Waals surface area contributed by atoms with E-state index in [4.69, 9.17) is 11.6 Å². The number of amides is 1. The molecule has 1 N–H and O–H groups in total. The van der Waals surface area contributed by atoms with Crippen molar-refractivity contribution in [3.05, 3.63) is 82.9 Å². The molecule has 3 aromatic carbocycles. The summed E-state index contributed by atoms with van der Waals surface area (Å²) in [5, 5.41) is 2.91. The maximum Gasteiger partial charge on any atom is 0.416 e. The topological polar surface area (TPSA) is 66.5 Å². The first kappa shape index (κ1) is 23.1. The number of alkyl halides is 3. The van der Waals surface area contributed by atoms with Crippen LogP contribution in [0.5, 0.6) is 0 Å². The molecule has 0 atom stereocenters. The molecule has 0 aliphatic carbocycles. The number of hydrogen-bond acceptors (Lipinski definition) is 3. The number of hydrogen-bond donors (Lipinski definition) is 1. The fraction of sp³-hybridized carbons (Fsp3) is 0.174. The average molecular weight is 495 g/mol. The molecule has 1 aliphatic heterocycles. The molecule has 0 radical (unpaired) electrons. The maximum absolute atomic E-state index is 13.1. The van der Waals surface area contributed by atoms with E-state index in [2.05, 4.69) is 5.32 Å². The second-order valence-corrected chi connectivity index (χ2v) is 9.90. The van der Waals surface area contributed by atoms with Crippen molar-refractivity contribution in [3.63, 3.8) is 0 Å². The van der Waals surface area contributed by atoms with E-state index < -0.39 is 27.7 Å². The van der Waals surface area contributed by atoms with E-state index in [-0.39, 0.29) is 22.0 Å². The Balaban J connectivity index is 1.64. The minimum atomic E-state index is -4.46. The standard InChI is InChI=1S/C23H18ClF3N2O3S/c24-20-11-10-17(29-12-3-13-33(29,31)32)14-21(20)28-22(30)19-5-2-1-4-18(19)15-6-8-16(9-7-15)23(25,26)27/h1-2,4-11,14H,3,12-13H2,(H,28,30). The van der Waals surface area contributed by atoms with Gasteiger partial charge in [0.15, 0.2) is 0 Å². The maximum atomic E-state index is 13.1. The minimum Gasteiger partial charge on any atom is -0.321 e. The highest BCUT2D eigenvalue weighted by atomic mass is 35.5. The summed E-state index contributed by atoms with van der Waals surface area (Å²) in [6.07, 6.45) is -3.95. The number of carbonyl (C=O) groups excluding carboxylic acids is 1. The Bertz CT molecular complexity index is 1310. The smallest absolute Gasteiger partial charge is 0.321 e. The van der Waals surface area contributed by atoms with E-state index in [1.165, 1.54) is 28.6 Å². The number of carbonyl (C=O) groups is 1. The highest BCUT2D eigenvalue weighted by molar-refractivity contribution is 7.93. The molecule has 0 saturated carbocycles. The van der Waals surface area contributed by atoms with Crippen LogP contribution in [0.4, 0.5) is 24.5 Å². The lowest BCUT2D eigenvalue weighted by atomic mass is 9.98. The van der Waals surface area contributed by atoms with Gasteiger partial charge in [-0.15, -0.1) is 0 Å². The predicted molar refractivity (Wildman–Crippen MR) is 122 cm³/mol. The number of rotatable bonds is 4. The molecule has 4 rings (SSSR count). The first-order valence-electron chi connectivity index (χ1n) is 9.94. The van der Waals surface area contributed by atoms with E-state index >= 15 is 0 Å². The molecule has 3 aromatic rings. The highest BCUT2D eigenvalue weighted by Crippen LogP contribution is 2.34. The Kier molecular flexibility index (Phi) is 6.11. The second kappa shape index (κ2) is 8.72. The molecule has 10 heteroatoms. The van der Waals surface area contributed by atoms with Crippen molar-refractivity contribution in [2.45, 2.75) is 12.6 Å². The molecule has 1 saturated heterocycles. The lowest BCUT2D eigenvalue weighted by Gasteiger charge is -2.19. The summed E-state index contributed by atoms with van der Waals surface area (Å²) in [7, 11) is -3.41. The summed E-state index contributed by atoms with van der Waals surface area (Å²) in [5.41, 5.74) is 0.947. The second-order valence-electron chi connectivity index (χ2n) is 7.48. The van der Waals surface area contributed by atoms with Gasteiger partial charge in [-0.05, 0) is 53.9 Å². The van der Waals surface area contributed by atoms with Crippen molar-refractivity contribution in [1.29, 1.82) is 0 Å². The van der Waals surface area contributed by atoms with Crippen LogP contribution >= 0.6 is 11.6 Å². The van der Waals surface area contributed by atoms with Gasteiger partial charge in [-0.1, -0.05) is 41.9 Å². The zero-order chi connectivity index (χ0) is 23.8. The van der Waals surface area contributed by atoms with Crippen molar-refractivity contribution >= 4 is 38.9 Å². The Labute approximate surface area is 193 Å². The zero-order valence-corrected chi connectivity index (χ0v) is 18.6. The molecule has 172 valence electrons. The minimum absolute atomic E-state index is 0.0534. The van der Waals surface area contributed by atoms with Crippen molar-refractivity contribution in [3.8, 4) is 11.1 Å². The predicted octanol–water partition coefficient (Wildman–Crippen LogP) is 5.82. The van der Waals surface area contributed by atoms with Crippen LogP contribution in [0.1, 0.15) is 22.3 Å². The van der Waals surface area contributed by atoms with Crippen LogP contribution in [0.15, 0.2) is 66.7 Å². The third-order valence-electron chi connectivity index (χ3n) is 5.28. The Morgan fingerprint density at radius 1 is 1.00 bits per heavy atom. The molecule has 1 aliphatic rings. The normalized spacial score (nSPS) is 15.5. The molecule has 33 heavy (non-hydrogen) atoms. The number of nitrogens with zero attached hydrogens (tertiary/aromatic N) is 1. The van der Waals surface area contributed by atoms with Crippen LogP contribution < -0.4 is 9.62 Å². The first-order chi connectivity index (χ1) is 15.6. The molecule has 5 nitrogen and oxygen atoms in total. The third kappa shape index (κ3) is 4.84. The molecule has 0 aromatic heterocycles. The van der Waals surface area contributed by atoms with Crippen LogP contribution in [0.3, 0.4) is 0 Å². The summed E-state index contributed by atoms with van der Waals surface area (Å²) in [5.74, 6) is -0.480. The number of sulfonamides is 1. The first-order valence-corrected chi connectivity index (χ1v) is 11.9.